The van der Waals surface area contributed by atoms with Crippen LogP contribution in [0.5, 0.6) is 0 Å². The Morgan fingerprint density at radius 3 is 3.06 bits per heavy atom. The molecule has 18 heavy (non-hydrogen) atoms. The Bertz CT molecular complexity index is 557. The molecular weight excluding hydrogens is 231 g/mol. The van der Waals surface area contributed by atoms with Gasteiger partial charge in [0, 0.05) is 25.0 Å². The van der Waals surface area contributed by atoms with Gasteiger partial charge in [-0.25, -0.2) is 9.37 Å². The maximum atomic E-state index is 13.0. The molecule has 0 radical (unpaired) electrons. The summed E-state index contributed by atoms with van der Waals surface area (Å²) in [6.07, 6.45) is 5.31. The molecule has 1 unspecified atom stereocenters. The summed E-state index contributed by atoms with van der Waals surface area (Å²) in [5.74, 6) is -0.403. The van der Waals surface area contributed by atoms with Crippen LogP contribution in [0.3, 0.4) is 0 Å². The molecule has 0 aliphatic heterocycles. The molecular formula is C13H13FN4. The van der Waals surface area contributed by atoms with E-state index in [1.54, 1.807) is 18.6 Å². The standard InChI is InChI=1S/C13H13FN4/c1-10(8-18-5-4-16-9-18)17-13-3-2-12(14)6-11(13)7-15/h2-6,9-10,17H,8H2,1H3. The molecule has 0 fully saturated rings. The van der Waals surface area contributed by atoms with Crippen molar-refractivity contribution >= 4 is 5.69 Å². The molecule has 1 atom stereocenters. The maximum Gasteiger partial charge on any atom is 0.124 e. The molecule has 5 heteroatoms. The van der Waals surface area contributed by atoms with Gasteiger partial charge in [0.25, 0.3) is 0 Å². The largest absolute Gasteiger partial charge is 0.380 e. The zero-order valence-electron chi connectivity index (χ0n) is 9.97. The van der Waals surface area contributed by atoms with Gasteiger partial charge >= 0.3 is 0 Å². The number of nitrogens with one attached hydrogen (secondary N) is 1. The van der Waals surface area contributed by atoms with Crippen molar-refractivity contribution in [2.24, 2.45) is 0 Å². The summed E-state index contributed by atoms with van der Waals surface area (Å²) < 4.78 is 14.9. The summed E-state index contributed by atoms with van der Waals surface area (Å²) >= 11 is 0. The molecule has 1 aromatic heterocycles. The second-order valence-electron chi connectivity index (χ2n) is 4.11. The number of hydrogen-bond donors (Lipinski definition) is 1. The minimum absolute atomic E-state index is 0.108. The van der Waals surface area contributed by atoms with Crippen LogP contribution in [0.25, 0.3) is 0 Å². The van der Waals surface area contributed by atoms with Gasteiger partial charge in [0.05, 0.1) is 17.6 Å². The first-order chi connectivity index (χ1) is 8.69. The fraction of sp³-hybridized carbons (Fsp3) is 0.231. The van der Waals surface area contributed by atoms with Crippen LogP contribution in [0, 0.1) is 17.1 Å². The van der Waals surface area contributed by atoms with Crippen molar-refractivity contribution in [1.29, 1.82) is 5.26 Å². The van der Waals surface area contributed by atoms with Crippen LogP contribution in [0.15, 0.2) is 36.9 Å². The number of imidazole rings is 1. The number of nitrogens with zero attached hydrogens (tertiary/aromatic N) is 3. The first-order valence-electron chi connectivity index (χ1n) is 5.61. The second-order valence-corrected chi connectivity index (χ2v) is 4.11. The van der Waals surface area contributed by atoms with Crippen molar-refractivity contribution in [3.63, 3.8) is 0 Å². The summed E-state index contributed by atoms with van der Waals surface area (Å²) in [4.78, 5) is 3.96. The van der Waals surface area contributed by atoms with Gasteiger partial charge in [-0.15, -0.1) is 0 Å². The lowest BCUT2D eigenvalue weighted by Crippen LogP contribution is -2.21. The van der Waals surface area contributed by atoms with E-state index >= 15 is 0 Å². The van der Waals surface area contributed by atoms with Gasteiger partial charge in [-0.1, -0.05) is 0 Å². The second kappa shape index (κ2) is 5.32. The summed E-state index contributed by atoms with van der Waals surface area (Å²) in [7, 11) is 0. The number of nitriles is 1. The van der Waals surface area contributed by atoms with Gasteiger partial charge in [-0.3, -0.25) is 0 Å². The van der Waals surface area contributed by atoms with Crippen LogP contribution in [0.4, 0.5) is 10.1 Å². The Morgan fingerprint density at radius 2 is 2.39 bits per heavy atom. The molecule has 1 heterocycles. The number of anilines is 1. The lowest BCUT2D eigenvalue weighted by Gasteiger charge is -2.16. The van der Waals surface area contributed by atoms with E-state index in [9.17, 15) is 4.39 Å². The molecule has 0 amide bonds. The predicted molar refractivity (Wildman–Crippen MR) is 66.4 cm³/mol. The smallest absolute Gasteiger partial charge is 0.124 e. The van der Waals surface area contributed by atoms with Crippen LogP contribution in [-0.2, 0) is 6.54 Å². The predicted octanol–water partition coefficient (Wildman–Crippen LogP) is 2.39. The van der Waals surface area contributed by atoms with Gasteiger partial charge in [-0.05, 0) is 25.1 Å². The molecule has 0 bridgehead atoms. The minimum Gasteiger partial charge on any atom is -0.380 e. The van der Waals surface area contributed by atoms with Crippen molar-refractivity contribution in [3.05, 3.63) is 48.3 Å². The van der Waals surface area contributed by atoms with E-state index in [4.69, 9.17) is 5.26 Å². The van der Waals surface area contributed by atoms with E-state index in [1.165, 1.54) is 12.1 Å². The average molecular weight is 244 g/mol. The summed E-state index contributed by atoms with van der Waals surface area (Å²) in [6.45, 7) is 2.72. The van der Waals surface area contributed by atoms with Gasteiger partial charge in [0.15, 0.2) is 0 Å². The van der Waals surface area contributed by atoms with E-state index in [0.717, 1.165) is 6.54 Å². The highest BCUT2D eigenvalue weighted by molar-refractivity contribution is 5.57. The van der Waals surface area contributed by atoms with E-state index in [2.05, 4.69) is 10.3 Å². The van der Waals surface area contributed by atoms with Crippen LogP contribution in [-0.4, -0.2) is 15.6 Å². The molecule has 92 valence electrons. The number of hydrogen-bond acceptors (Lipinski definition) is 3. The quantitative estimate of drug-likeness (QED) is 0.898. The fourth-order valence-corrected chi connectivity index (χ4v) is 1.76. The van der Waals surface area contributed by atoms with Crippen LogP contribution >= 0.6 is 0 Å². The molecule has 1 aromatic carbocycles. The molecule has 2 rings (SSSR count). The lowest BCUT2D eigenvalue weighted by molar-refractivity contribution is 0.616. The Hall–Kier alpha value is -2.35. The van der Waals surface area contributed by atoms with E-state index in [0.29, 0.717) is 11.3 Å². The topological polar surface area (TPSA) is 53.6 Å². The van der Waals surface area contributed by atoms with Crippen LogP contribution in [0.2, 0.25) is 0 Å². The first kappa shape index (κ1) is 12.1. The molecule has 0 aliphatic carbocycles. The van der Waals surface area contributed by atoms with Crippen molar-refractivity contribution in [3.8, 4) is 6.07 Å². The third kappa shape index (κ3) is 2.86. The Kier molecular flexibility index (Phi) is 3.58. The van der Waals surface area contributed by atoms with Crippen molar-refractivity contribution < 1.29 is 4.39 Å². The third-order valence-electron chi connectivity index (χ3n) is 2.55. The zero-order chi connectivity index (χ0) is 13.0. The molecule has 2 aromatic rings. The molecule has 0 spiro atoms. The molecule has 4 nitrogen and oxygen atoms in total. The molecule has 1 N–H and O–H groups in total. The third-order valence-corrected chi connectivity index (χ3v) is 2.55. The van der Waals surface area contributed by atoms with Gasteiger partial charge in [-0.2, -0.15) is 5.26 Å². The number of halogens is 1. The van der Waals surface area contributed by atoms with Gasteiger partial charge < -0.3 is 9.88 Å². The van der Waals surface area contributed by atoms with Crippen molar-refractivity contribution in [1.82, 2.24) is 9.55 Å². The Labute approximate surface area is 105 Å². The highest BCUT2D eigenvalue weighted by Crippen LogP contribution is 2.17. The summed E-state index contributed by atoms with van der Waals surface area (Å²) in [6, 6.07) is 6.24. The zero-order valence-corrected chi connectivity index (χ0v) is 9.97. The monoisotopic (exact) mass is 244 g/mol. The first-order valence-corrected chi connectivity index (χ1v) is 5.61. The van der Waals surface area contributed by atoms with E-state index < -0.39 is 5.82 Å². The van der Waals surface area contributed by atoms with Gasteiger partial charge in [0.1, 0.15) is 11.9 Å². The SMILES string of the molecule is CC(Cn1ccnc1)Nc1ccc(F)cc1C#N. The van der Waals surface area contributed by atoms with Crippen molar-refractivity contribution in [2.45, 2.75) is 19.5 Å². The molecule has 0 aliphatic rings. The minimum atomic E-state index is -0.403. The fourth-order valence-electron chi connectivity index (χ4n) is 1.76. The van der Waals surface area contributed by atoms with Crippen LogP contribution < -0.4 is 5.32 Å². The highest BCUT2D eigenvalue weighted by Gasteiger charge is 2.07. The van der Waals surface area contributed by atoms with E-state index in [-0.39, 0.29) is 6.04 Å². The number of aromatic nitrogens is 2. The van der Waals surface area contributed by atoms with Crippen LogP contribution in [0.1, 0.15) is 12.5 Å². The number of benzene rings is 1. The maximum absolute atomic E-state index is 13.0. The number of rotatable bonds is 4. The normalized spacial score (nSPS) is 11.8. The Morgan fingerprint density at radius 1 is 1.56 bits per heavy atom. The Balaban J connectivity index is 2.07. The molecule has 0 saturated heterocycles. The summed E-state index contributed by atoms with van der Waals surface area (Å²) in [5.41, 5.74) is 0.957. The van der Waals surface area contributed by atoms with E-state index in [1.807, 2.05) is 23.8 Å². The summed E-state index contributed by atoms with van der Waals surface area (Å²) in [5, 5.41) is 12.1. The lowest BCUT2D eigenvalue weighted by atomic mass is 10.1. The van der Waals surface area contributed by atoms with Gasteiger partial charge in [0.2, 0.25) is 0 Å². The molecule has 0 saturated carbocycles. The highest BCUT2D eigenvalue weighted by atomic mass is 19.1. The average Bonchev–Trinajstić information content (AvgIpc) is 2.84. The van der Waals surface area contributed by atoms with Crippen molar-refractivity contribution in [2.75, 3.05) is 5.32 Å².